The van der Waals surface area contributed by atoms with E-state index in [1.54, 1.807) is 24.3 Å². The van der Waals surface area contributed by atoms with E-state index in [2.05, 4.69) is 20.0 Å². The van der Waals surface area contributed by atoms with Crippen LogP contribution in [0.5, 0.6) is 5.75 Å². The molecule has 0 radical (unpaired) electrons. The van der Waals surface area contributed by atoms with Crippen LogP contribution in [0.1, 0.15) is 10.4 Å². The van der Waals surface area contributed by atoms with Crippen LogP contribution in [0.15, 0.2) is 60.9 Å². The molecule has 5 nitrogen and oxygen atoms in total. The van der Waals surface area contributed by atoms with Crippen LogP contribution in [0, 0.1) is 0 Å². The topological polar surface area (TPSA) is 64.1 Å². The molecule has 1 aromatic heterocycles. The Kier molecular flexibility index (Phi) is 5.27. The number of carbonyl (C=O) groups excluding carboxylic acids is 1. The molecule has 0 atom stereocenters. The predicted molar refractivity (Wildman–Crippen MR) is 93.6 cm³/mol. The number of ether oxygens (including phenoxy) is 1. The highest BCUT2D eigenvalue weighted by Crippen LogP contribution is 2.24. The molecule has 0 unspecified atom stereocenters. The number of amides is 1. The Morgan fingerprint density at radius 1 is 1.00 bits per heavy atom. The molecule has 0 aliphatic heterocycles. The third kappa shape index (κ3) is 5.18. The van der Waals surface area contributed by atoms with Gasteiger partial charge in [-0.25, -0.2) is 9.97 Å². The van der Waals surface area contributed by atoms with Gasteiger partial charge < -0.3 is 10.1 Å². The molecule has 1 N–H and O–H groups in total. The summed E-state index contributed by atoms with van der Waals surface area (Å²) in [4.78, 5) is 20.2. The summed E-state index contributed by atoms with van der Waals surface area (Å²) in [6, 6.07) is 11.6. The van der Waals surface area contributed by atoms with Gasteiger partial charge in [-0.2, -0.15) is 0 Å². The van der Waals surface area contributed by atoms with Crippen molar-refractivity contribution >= 4 is 23.2 Å². The molecule has 2 aromatic carbocycles. The quantitative estimate of drug-likeness (QED) is 0.637. The number of hydrogen-bond donors (Lipinski definition) is 1. The summed E-state index contributed by atoms with van der Waals surface area (Å²) in [6.07, 6.45) is -1.70. The third-order valence-corrected chi connectivity index (χ3v) is 3.62. The molecule has 0 saturated carbocycles. The molecule has 1 amide bonds. The molecule has 27 heavy (non-hydrogen) atoms. The maximum atomic E-state index is 12.4. The molecule has 138 valence electrons. The third-order valence-electron chi connectivity index (χ3n) is 3.42. The molecule has 0 aliphatic carbocycles. The number of nitrogens with zero attached hydrogens (tertiary/aromatic N) is 2. The van der Waals surface area contributed by atoms with Gasteiger partial charge in [0.25, 0.3) is 5.91 Å². The molecule has 9 heteroatoms. The standard InChI is InChI=1S/C18H11ClF3N3O2/c19-17-23-9-13(10-24-17)11-2-1-3-12(8-11)16(26)25-14-4-6-15(7-5-14)27-18(20,21)22/h1-10H,(H,25,26). The fourth-order valence-electron chi connectivity index (χ4n) is 2.24. The van der Waals surface area contributed by atoms with Crippen molar-refractivity contribution in [3.8, 4) is 16.9 Å². The van der Waals surface area contributed by atoms with Gasteiger partial charge in [-0.15, -0.1) is 13.2 Å². The van der Waals surface area contributed by atoms with Crippen molar-refractivity contribution in [3.05, 3.63) is 71.8 Å². The van der Waals surface area contributed by atoms with E-state index in [1.165, 1.54) is 24.5 Å². The van der Waals surface area contributed by atoms with Gasteiger partial charge in [0, 0.05) is 29.2 Å². The minimum absolute atomic E-state index is 0.116. The van der Waals surface area contributed by atoms with Crippen LogP contribution in [0.4, 0.5) is 18.9 Å². The van der Waals surface area contributed by atoms with Crippen LogP contribution in [0.2, 0.25) is 5.28 Å². The first kappa shape index (κ1) is 18.7. The van der Waals surface area contributed by atoms with Crippen molar-refractivity contribution < 1.29 is 22.7 Å². The first-order valence-electron chi connectivity index (χ1n) is 7.55. The molecule has 0 bridgehead atoms. The minimum Gasteiger partial charge on any atom is -0.406 e. The lowest BCUT2D eigenvalue weighted by Crippen LogP contribution is -2.17. The monoisotopic (exact) mass is 393 g/mol. The Labute approximate surface area is 156 Å². The van der Waals surface area contributed by atoms with E-state index in [4.69, 9.17) is 11.6 Å². The molecule has 0 saturated heterocycles. The summed E-state index contributed by atoms with van der Waals surface area (Å²) in [5.41, 5.74) is 2.09. The van der Waals surface area contributed by atoms with E-state index in [9.17, 15) is 18.0 Å². The van der Waals surface area contributed by atoms with E-state index in [-0.39, 0.29) is 11.0 Å². The molecular formula is C18H11ClF3N3O2. The number of nitrogens with one attached hydrogen (secondary N) is 1. The van der Waals surface area contributed by atoms with Gasteiger partial charge >= 0.3 is 6.36 Å². The van der Waals surface area contributed by atoms with E-state index in [0.29, 0.717) is 22.4 Å². The van der Waals surface area contributed by atoms with Crippen molar-refractivity contribution in [1.82, 2.24) is 9.97 Å². The average molecular weight is 394 g/mol. The normalized spacial score (nSPS) is 11.1. The molecule has 0 spiro atoms. The maximum absolute atomic E-state index is 12.4. The van der Waals surface area contributed by atoms with Gasteiger partial charge in [0.15, 0.2) is 0 Å². The smallest absolute Gasteiger partial charge is 0.406 e. The molecule has 3 rings (SSSR count). The highest BCUT2D eigenvalue weighted by atomic mass is 35.5. The molecule has 1 heterocycles. The van der Waals surface area contributed by atoms with Gasteiger partial charge in [0.2, 0.25) is 5.28 Å². The van der Waals surface area contributed by atoms with Crippen LogP contribution in [-0.2, 0) is 0 Å². The highest BCUT2D eigenvalue weighted by Gasteiger charge is 2.30. The molecule has 0 fully saturated rings. The number of anilines is 1. The van der Waals surface area contributed by atoms with E-state index < -0.39 is 12.3 Å². The molecule has 3 aromatic rings. The average Bonchev–Trinajstić information content (AvgIpc) is 2.63. The Balaban J connectivity index is 1.73. The number of halogens is 4. The van der Waals surface area contributed by atoms with E-state index in [0.717, 1.165) is 12.1 Å². The van der Waals surface area contributed by atoms with Crippen LogP contribution in [0.3, 0.4) is 0 Å². The second kappa shape index (κ2) is 7.63. The SMILES string of the molecule is O=C(Nc1ccc(OC(F)(F)F)cc1)c1cccc(-c2cnc(Cl)nc2)c1. The summed E-state index contributed by atoms with van der Waals surface area (Å²) in [5, 5.41) is 2.72. The molecular weight excluding hydrogens is 383 g/mol. The Morgan fingerprint density at radius 2 is 1.67 bits per heavy atom. The second-order valence-corrected chi connectivity index (χ2v) is 5.69. The van der Waals surface area contributed by atoms with Crippen LogP contribution >= 0.6 is 11.6 Å². The van der Waals surface area contributed by atoms with E-state index in [1.807, 2.05) is 0 Å². The fourth-order valence-corrected chi connectivity index (χ4v) is 2.34. The number of aromatic nitrogens is 2. The van der Waals surface area contributed by atoms with Gasteiger partial charge in [0.05, 0.1) is 0 Å². The Bertz CT molecular complexity index is 945. The van der Waals surface area contributed by atoms with Crippen LogP contribution in [-0.4, -0.2) is 22.2 Å². The van der Waals surface area contributed by atoms with Crippen molar-refractivity contribution in [3.63, 3.8) is 0 Å². The van der Waals surface area contributed by atoms with Crippen molar-refractivity contribution in [1.29, 1.82) is 0 Å². The number of benzene rings is 2. The lowest BCUT2D eigenvalue weighted by atomic mass is 10.1. The van der Waals surface area contributed by atoms with Gasteiger partial charge in [-0.05, 0) is 53.6 Å². The van der Waals surface area contributed by atoms with Crippen molar-refractivity contribution in [2.24, 2.45) is 0 Å². The highest BCUT2D eigenvalue weighted by molar-refractivity contribution is 6.28. The van der Waals surface area contributed by atoms with Gasteiger partial charge in [-0.1, -0.05) is 12.1 Å². The van der Waals surface area contributed by atoms with Crippen molar-refractivity contribution in [2.45, 2.75) is 6.36 Å². The molecule has 0 aliphatic rings. The van der Waals surface area contributed by atoms with Crippen LogP contribution < -0.4 is 10.1 Å². The first-order chi connectivity index (χ1) is 12.8. The first-order valence-corrected chi connectivity index (χ1v) is 7.93. The van der Waals surface area contributed by atoms with Crippen molar-refractivity contribution in [2.75, 3.05) is 5.32 Å². The maximum Gasteiger partial charge on any atom is 0.573 e. The number of rotatable bonds is 4. The summed E-state index contributed by atoms with van der Waals surface area (Å²) < 4.78 is 40.3. The number of hydrogen-bond acceptors (Lipinski definition) is 4. The predicted octanol–water partition coefficient (Wildman–Crippen LogP) is 4.95. The summed E-state index contributed by atoms with van der Waals surface area (Å²) in [6.45, 7) is 0. The second-order valence-electron chi connectivity index (χ2n) is 5.35. The van der Waals surface area contributed by atoms with Gasteiger partial charge in [0.1, 0.15) is 5.75 Å². The summed E-state index contributed by atoms with van der Waals surface area (Å²) in [7, 11) is 0. The Hall–Kier alpha value is -3.13. The summed E-state index contributed by atoms with van der Waals surface area (Å²) >= 11 is 5.66. The van der Waals surface area contributed by atoms with E-state index >= 15 is 0 Å². The lowest BCUT2D eigenvalue weighted by Gasteiger charge is -2.10. The Morgan fingerprint density at radius 3 is 2.30 bits per heavy atom. The largest absolute Gasteiger partial charge is 0.573 e. The zero-order chi connectivity index (χ0) is 19.4. The zero-order valence-electron chi connectivity index (χ0n) is 13.5. The minimum atomic E-state index is -4.77. The number of carbonyl (C=O) groups is 1. The lowest BCUT2D eigenvalue weighted by molar-refractivity contribution is -0.274. The van der Waals surface area contributed by atoms with Gasteiger partial charge in [-0.3, -0.25) is 4.79 Å². The van der Waals surface area contributed by atoms with Crippen LogP contribution in [0.25, 0.3) is 11.1 Å². The fraction of sp³-hybridized carbons (Fsp3) is 0.0556. The summed E-state index contributed by atoms with van der Waals surface area (Å²) in [5.74, 6) is -0.790. The zero-order valence-corrected chi connectivity index (χ0v) is 14.3. The number of alkyl halides is 3.